The quantitative estimate of drug-likeness (QED) is 0.877. The van der Waals surface area contributed by atoms with Crippen LogP contribution in [0.15, 0.2) is 30.3 Å². The fourth-order valence-electron chi connectivity index (χ4n) is 1.84. The Morgan fingerprint density at radius 3 is 2.20 bits per heavy atom. The van der Waals surface area contributed by atoms with Gasteiger partial charge in [-0.25, -0.2) is 13.8 Å². The van der Waals surface area contributed by atoms with Gasteiger partial charge in [-0.15, -0.1) is 0 Å². The van der Waals surface area contributed by atoms with Gasteiger partial charge in [-0.3, -0.25) is 0 Å². The summed E-state index contributed by atoms with van der Waals surface area (Å²) in [6, 6.07) is 8.84. The Balaban J connectivity index is 2.09. The first-order chi connectivity index (χ1) is 9.63. The number of anilines is 2. The lowest BCUT2D eigenvalue weighted by molar-refractivity contribution is 0.578. The molecule has 2 aromatic rings. The lowest BCUT2D eigenvalue weighted by Crippen LogP contribution is -2.07. The zero-order chi connectivity index (χ0) is 14.5. The van der Waals surface area contributed by atoms with Crippen LogP contribution in [0, 0.1) is 11.6 Å². The Labute approximate surface area is 117 Å². The third-order valence-corrected chi connectivity index (χ3v) is 3.06. The number of aryl methyl sites for hydroxylation is 1. The highest BCUT2D eigenvalue weighted by Crippen LogP contribution is 2.19. The van der Waals surface area contributed by atoms with E-state index in [1.165, 1.54) is 12.6 Å². The highest BCUT2D eigenvalue weighted by molar-refractivity contribution is 5.47. The maximum Gasteiger partial charge on any atom is 0.168 e. The van der Waals surface area contributed by atoms with E-state index in [1.807, 2.05) is 24.3 Å². The summed E-state index contributed by atoms with van der Waals surface area (Å²) in [5, 5.41) is 5.46. The Kier molecular flexibility index (Phi) is 4.50. The first-order valence-corrected chi connectivity index (χ1v) is 6.49. The molecule has 0 aliphatic heterocycles. The van der Waals surface area contributed by atoms with Crippen molar-refractivity contribution in [2.75, 3.05) is 17.7 Å². The molecular weight excluding hydrogens is 260 g/mol. The van der Waals surface area contributed by atoms with Crippen LogP contribution in [0.4, 0.5) is 20.4 Å². The van der Waals surface area contributed by atoms with Gasteiger partial charge in [0.2, 0.25) is 0 Å². The molecule has 3 nitrogen and oxygen atoms in total. The minimum absolute atomic E-state index is 0.0234. The molecule has 0 amide bonds. The molecule has 1 aromatic heterocycles. The number of hydrogen-bond donors (Lipinski definition) is 2. The topological polar surface area (TPSA) is 37.0 Å². The molecule has 2 N–H and O–H groups in total. The molecule has 0 atom stereocenters. The number of benzene rings is 1. The fraction of sp³-hybridized carbons (Fsp3) is 0.267. The molecule has 106 valence electrons. The maximum absolute atomic E-state index is 13.6. The number of rotatable bonds is 5. The van der Waals surface area contributed by atoms with E-state index in [-0.39, 0.29) is 11.6 Å². The van der Waals surface area contributed by atoms with Gasteiger partial charge in [0.25, 0.3) is 0 Å². The van der Waals surface area contributed by atoms with Crippen molar-refractivity contribution >= 4 is 11.6 Å². The molecule has 1 aromatic carbocycles. The van der Waals surface area contributed by atoms with Crippen LogP contribution < -0.4 is 10.6 Å². The fourth-order valence-corrected chi connectivity index (χ4v) is 1.84. The molecule has 0 saturated carbocycles. The standard InChI is InChI=1S/C15H17F2N3/c1-3-10-4-6-11(7-5-10)9-19-15-13(17)8-12(16)14(18-2)20-15/h4-8H,3,9H2,1-2H3,(H2,18,19,20). The lowest BCUT2D eigenvalue weighted by atomic mass is 10.1. The molecule has 0 bridgehead atoms. The predicted molar refractivity (Wildman–Crippen MR) is 76.8 cm³/mol. The molecule has 0 aliphatic carbocycles. The number of nitrogens with one attached hydrogen (secondary N) is 2. The zero-order valence-corrected chi connectivity index (χ0v) is 11.5. The van der Waals surface area contributed by atoms with Crippen LogP contribution in [0.25, 0.3) is 0 Å². The molecule has 5 heteroatoms. The van der Waals surface area contributed by atoms with Gasteiger partial charge in [0.15, 0.2) is 23.3 Å². The van der Waals surface area contributed by atoms with Gasteiger partial charge in [-0.1, -0.05) is 31.2 Å². The van der Waals surface area contributed by atoms with Gasteiger partial charge in [0.1, 0.15) is 0 Å². The molecule has 20 heavy (non-hydrogen) atoms. The van der Waals surface area contributed by atoms with Crippen LogP contribution in [-0.4, -0.2) is 12.0 Å². The minimum Gasteiger partial charge on any atom is -0.371 e. The average molecular weight is 277 g/mol. The number of aromatic nitrogens is 1. The summed E-state index contributed by atoms with van der Waals surface area (Å²) < 4.78 is 26.9. The second kappa shape index (κ2) is 6.32. The van der Waals surface area contributed by atoms with Gasteiger partial charge in [-0.2, -0.15) is 0 Å². The first-order valence-electron chi connectivity index (χ1n) is 6.49. The highest BCUT2D eigenvalue weighted by atomic mass is 19.1. The smallest absolute Gasteiger partial charge is 0.168 e. The largest absolute Gasteiger partial charge is 0.371 e. The third-order valence-electron chi connectivity index (χ3n) is 3.06. The Bertz CT molecular complexity index is 582. The number of nitrogens with zero attached hydrogens (tertiary/aromatic N) is 1. The second-order valence-electron chi connectivity index (χ2n) is 4.42. The Morgan fingerprint density at radius 1 is 1.00 bits per heavy atom. The van der Waals surface area contributed by atoms with Crippen LogP contribution in [0.2, 0.25) is 0 Å². The lowest BCUT2D eigenvalue weighted by Gasteiger charge is -2.10. The number of hydrogen-bond acceptors (Lipinski definition) is 3. The van der Waals surface area contributed by atoms with Crippen LogP contribution in [0.1, 0.15) is 18.1 Å². The van der Waals surface area contributed by atoms with E-state index in [1.54, 1.807) is 0 Å². The van der Waals surface area contributed by atoms with Crippen molar-refractivity contribution in [2.24, 2.45) is 0 Å². The van der Waals surface area contributed by atoms with Crippen molar-refractivity contribution in [3.63, 3.8) is 0 Å². The van der Waals surface area contributed by atoms with Crippen molar-refractivity contribution < 1.29 is 8.78 Å². The number of pyridine rings is 1. The molecule has 0 unspecified atom stereocenters. The summed E-state index contributed by atoms with van der Waals surface area (Å²) in [7, 11) is 1.54. The zero-order valence-electron chi connectivity index (χ0n) is 11.5. The third kappa shape index (κ3) is 3.23. The van der Waals surface area contributed by atoms with Crippen LogP contribution >= 0.6 is 0 Å². The van der Waals surface area contributed by atoms with E-state index in [0.717, 1.165) is 18.1 Å². The summed E-state index contributed by atoms with van der Waals surface area (Å²) >= 11 is 0. The second-order valence-corrected chi connectivity index (χ2v) is 4.42. The molecule has 0 aliphatic rings. The molecule has 0 spiro atoms. The van der Waals surface area contributed by atoms with E-state index in [4.69, 9.17) is 0 Å². The highest BCUT2D eigenvalue weighted by Gasteiger charge is 2.10. The molecule has 2 rings (SSSR count). The maximum atomic E-state index is 13.6. The molecular formula is C15H17F2N3. The van der Waals surface area contributed by atoms with E-state index in [0.29, 0.717) is 6.54 Å². The number of halogens is 2. The van der Waals surface area contributed by atoms with Gasteiger partial charge >= 0.3 is 0 Å². The minimum atomic E-state index is -0.706. The molecule has 1 heterocycles. The van der Waals surface area contributed by atoms with Crippen molar-refractivity contribution in [1.29, 1.82) is 0 Å². The normalized spacial score (nSPS) is 10.4. The van der Waals surface area contributed by atoms with E-state index in [2.05, 4.69) is 22.5 Å². The summed E-state index contributed by atoms with van der Waals surface area (Å²) in [5.41, 5.74) is 2.26. The van der Waals surface area contributed by atoms with Gasteiger partial charge in [0, 0.05) is 19.7 Å². The SMILES string of the molecule is CCc1ccc(CNc2nc(NC)c(F)cc2F)cc1. The van der Waals surface area contributed by atoms with Crippen LogP contribution in [0.5, 0.6) is 0 Å². The predicted octanol–water partition coefficient (Wildman–Crippen LogP) is 3.58. The van der Waals surface area contributed by atoms with E-state index < -0.39 is 11.6 Å². The van der Waals surface area contributed by atoms with Crippen molar-refractivity contribution in [3.05, 3.63) is 53.1 Å². The average Bonchev–Trinajstić information content (AvgIpc) is 2.47. The Morgan fingerprint density at radius 2 is 1.60 bits per heavy atom. The van der Waals surface area contributed by atoms with Crippen molar-refractivity contribution in [1.82, 2.24) is 4.98 Å². The first kappa shape index (κ1) is 14.2. The monoisotopic (exact) mass is 277 g/mol. The molecule has 0 fully saturated rings. The van der Waals surface area contributed by atoms with Gasteiger partial charge in [0.05, 0.1) is 0 Å². The van der Waals surface area contributed by atoms with Gasteiger partial charge in [-0.05, 0) is 17.5 Å². The summed E-state index contributed by atoms with van der Waals surface area (Å²) in [6.45, 7) is 2.52. The summed E-state index contributed by atoms with van der Waals surface area (Å²) in [6.07, 6.45) is 0.980. The van der Waals surface area contributed by atoms with E-state index in [9.17, 15) is 8.78 Å². The van der Waals surface area contributed by atoms with Gasteiger partial charge < -0.3 is 10.6 Å². The van der Waals surface area contributed by atoms with Crippen LogP contribution in [-0.2, 0) is 13.0 Å². The Hall–Kier alpha value is -2.17. The van der Waals surface area contributed by atoms with Crippen molar-refractivity contribution in [2.45, 2.75) is 19.9 Å². The van der Waals surface area contributed by atoms with Crippen molar-refractivity contribution in [3.8, 4) is 0 Å². The molecule has 0 saturated heterocycles. The molecule has 0 radical (unpaired) electrons. The van der Waals surface area contributed by atoms with E-state index >= 15 is 0 Å². The summed E-state index contributed by atoms with van der Waals surface area (Å²) in [5.74, 6) is -1.35. The van der Waals surface area contributed by atoms with Crippen LogP contribution in [0.3, 0.4) is 0 Å². The summed E-state index contributed by atoms with van der Waals surface area (Å²) in [4.78, 5) is 3.87.